The van der Waals surface area contributed by atoms with Gasteiger partial charge in [-0.15, -0.1) is 0 Å². The number of rotatable bonds is 9. The van der Waals surface area contributed by atoms with E-state index in [1.165, 1.54) is 50.9 Å². The summed E-state index contributed by atoms with van der Waals surface area (Å²) >= 11 is 0. The molecule has 40 heavy (non-hydrogen) atoms. The van der Waals surface area contributed by atoms with Crippen molar-refractivity contribution >= 4 is 12.0 Å². The van der Waals surface area contributed by atoms with Crippen LogP contribution < -0.4 is 15.8 Å². The zero-order valence-corrected chi connectivity index (χ0v) is 22.1. The highest BCUT2D eigenvalue weighted by atomic mass is 19.3. The van der Waals surface area contributed by atoms with Gasteiger partial charge in [-0.3, -0.25) is 4.79 Å². The largest absolute Gasteiger partial charge is 0.465 e. The molecule has 0 unspecified atom stereocenters. The number of carbonyl (C=O) groups excluding carboxylic acids is 1. The van der Waals surface area contributed by atoms with E-state index in [9.17, 15) is 27.2 Å². The molecule has 2 aliphatic heterocycles. The van der Waals surface area contributed by atoms with Gasteiger partial charge in [0.1, 0.15) is 11.3 Å². The zero-order chi connectivity index (χ0) is 29.1. The summed E-state index contributed by atoms with van der Waals surface area (Å²) in [6, 6.07) is 6.15. The summed E-state index contributed by atoms with van der Waals surface area (Å²) in [5.74, 6) is -4.82. The van der Waals surface area contributed by atoms with Gasteiger partial charge in [0, 0.05) is 31.0 Å². The molecule has 0 radical (unpaired) electrons. The third-order valence-corrected chi connectivity index (χ3v) is 8.17. The maximum Gasteiger partial charge on any atom is 0.407 e. The summed E-state index contributed by atoms with van der Waals surface area (Å²) in [6.07, 6.45) is 4.20. The molecule has 1 atom stereocenters. The number of amides is 2. The Hall–Kier alpha value is -3.11. The molecule has 1 spiro atoms. The number of carbonyl (C=O) groups is 2. The third-order valence-electron chi connectivity index (χ3n) is 8.17. The Labute approximate surface area is 230 Å². The lowest BCUT2D eigenvalue weighted by Gasteiger charge is -2.53. The van der Waals surface area contributed by atoms with E-state index in [-0.39, 0.29) is 6.42 Å². The van der Waals surface area contributed by atoms with Gasteiger partial charge in [0.2, 0.25) is 5.91 Å². The lowest BCUT2D eigenvalue weighted by Crippen LogP contribution is -2.61. The second-order valence-corrected chi connectivity index (χ2v) is 11.3. The molecule has 2 amide bonds. The van der Waals surface area contributed by atoms with E-state index in [2.05, 4.69) is 15.0 Å². The van der Waals surface area contributed by atoms with Gasteiger partial charge in [-0.25, -0.2) is 13.6 Å². The minimum absolute atomic E-state index is 0.351. The first kappa shape index (κ1) is 29.9. The van der Waals surface area contributed by atoms with Gasteiger partial charge in [-0.05, 0) is 70.2 Å². The van der Waals surface area contributed by atoms with E-state index in [4.69, 9.17) is 16.1 Å². The van der Waals surface area contributed by atoms with Crippen molar-refractivity contribution in [3.8, 4) is 11.8 Å². The van der Waals surface area contributed by atoms with Crippen LogP contribution in [0.15, 0.2) is 24.3 Å². The summed E-state index contributed by atoms with van der Waals surface area (Å²) in [7, 11) is 0. The van der Waals surface area contributed by atoms with Crippen LogP contribution in [0.1, 0.15) is 56.9 Å². The van der Waals surface area contributed by atoms with Gasteiger partial charge in [-0.1, -0.05) is 12.1 Å². The number of nitrogens with one attached hydrogen (secondary N) is 1. The molecule has 1 aromatic carbocycles. The second kappa shape index (κ2) is 11.8. The van der Waals surface area contributed by atoms with E-state index in [1.54, 1.807) is 4.90 Å². The smallest absolute Gasteiger partial charge is 0.407 e. The number of carboxylic acid groups (broad SMARTS) is 1. The first-order valence-electron chi connectivity index (χ1n) is 13.5. The Bertz CT molecular complexity index is 1110. The molecular formula is C27H35F4N5O4. The Morgan fingerprint density at radius 1 is 1.18 bits per heavy atom. The summed E-state index contributed by atoms with van der Waals surface area (Å²) < 4.78 is 57.5. The van der Waals surface area contributed by atoms with Crippen LogP contribution in [0, 0.1) is 16.7 Å². The molecule has 0 bridgehead atoms. The van der Waals surface area contributed by atoms with Crippen LogP contribution in [0.5, 0.6) is 5.75 Å². The highest BCUT2D eigenvalue weighted by Crippen LogP contribution is 2.43. The summed E-state index contributed by atoms with van der Waals surface area (Å²) in [5, 5.41) is 20.1. The number of nitrogens with zero attached hydrogens (tertiary/aromatic N) is 3. The predicted molar refractivity (Wildman–Crippen MR) is 136 cm³/mol. The molecule has 2 saturated heterocycles. The molecule has 2 aliphatic carbocycles. The Morgan fingerprint density at radius 2 is 1.80 bits per heavy atom. The molecule has 0 aromatic heterocycles. The number of hydrogen-bond donors (Lipinski definition) is 3. The van der Waals surface area contributed by atoms with Crippen molar-refractivity contribution in [3.63, 3.8) is 0 Å². The molecule has 4 aliphatic rings. The van der Waals surface area contributed by atoms with E-state index in [0.29, 0.717) is 18.3 Å². The number of piperidine rings is 1. The fraction of sp³-hybridized carbons (Fsp3) is 0.667. The highest BCUT2D eigenvalue weighted by molar-refractivity contribution is 5.83. The maximum absolute atomic E-state index is 14.3. The fourth-order valence-electron chi connectivity index (χ4n) is 5.31. The van der Waals surface area contributed by atoms with E-state index >= 15 is 0 Å². The Morgan fingerprint density at radius 3 is 2.33 bits per heavy atom. The molecule has 1 aromatic rings. The SMILES string of the molecule is N#CC1(NC(=O)[C@@H](N)CCC(F)(F)c2ccccc2OC(F)F)CC1.O=C(O)N1CC2(CCN(C3CC3)CC2)C1. The van der Waals surface area contributed by atoms with Gasteiger partial charge < -0.3 is 30.7 Å². The van der Waals surface area contributed by atoms with E-state index in [0.717, 1.165) is 31.3 Å². The van der Waals surface area contributed by atoms with Crippen molar-refractivity contribution in [1.82, 2.24) is 15.1 Å². The van der Waals surface area contributed by atoms with Crippen molar-refractivity contribution in [1.29, 1.82) is 5.26 Å². The minimum Gasteiger partial charge on any atom is -0.465 e. The number of hydrogen-bond acceptors (Lipinski definition) is 6. The van der Waals surface area contributed by atoms with E-state index < -0.39 is 53.8 Å². The summed E-state index contributed by atoms with van der Waals surface area (Å²) in [6.45, 7) is 0.712. The minimum atomic E-state index is -3.50. The molecule has 5 rings (SSSR count). The van der Waals surface area contributed by atoms with E-state index in [1.807, 2.05) is 6.07 Å². The van der Waals surface area contributed by atoms with Gasteiger partial charge in [0.15, 0.2) is 0 Å². The van der Waals surface area contributed by atoms with Crippen LogP contribution in [-0.4, -0.2) is 77.3 Å². The van der Waals surface area contributed by atoms with Crippen LogP contribution in [0.3, 0.4) is 0 Å². The molecule has 2 heterocycles. The van der Waals surface area contributed by atoms with Crippen molar-refractivity contribution < 1.29 is 37.0 Å². The molecule has 2 saturated carbocycles. The number of likely N-dealkylation sites (tertiary alicyclic amines) is 2. The molecule has 13 heteroatoms. The van der Waals surface area contributed by atoms with Crippen LogP contribution in [0.2, 0.25) is 0 Å². The number of halogens is 4. The molecular weight excluding hydrogens is 534 g/mol. The molecule has 4 N–H and O–H groups in total. The van der Waals surface area contributed by atoms with Crippen molar-refractivity contribution in [2.45, 2.75) is 81.5 Å². The average molecular weight is 570 g/mol. The normalized spacial score (nSPS) is 21.9. The topological polar surface area (TPSA) is 132 Å². The van der Waals surface area contributed by atoms with Crippen molar-refractivity contribution in [2.24, 2.45) is 11.1 Å². The number of alkyl halides is 4. The summed E-state index contributed by atoms with van der Waals surface area (Å²) in [4.78, 5) is 26.7. The highest BCUT2D eigenvalue weighted by Gasteiger charge is 2.48. The number of nitriles is 1. The Kier molecular flexibility index (Phi) is 8.80. The standard InChI is InChI=1S/C16H17F4N3O2.C11H18N2O2/c17-14(18)25-12-4-2-1-3-10(12)16(19,20)6-5-11(22)13(24)23-15(9-21)7-8-15;14-10(15)13-7-11(8-13)3-5-12(6-4-11)9-1-2-9/h1-4,11,14H,5-8,22H2,(H,23,24);9H,1-8H2,(H,14,15)/t11-;/m0./s1. The van der Waals surface area contributed by atoms with Gasteiger partial charge in [0.25, 0.3) is 5.92 Å². The first-order valence-corrected chi connectivity index (χ1v) is 13.5. The number of nitrogens with two attached hydrogens (primary N) is 1. The molecule has 9 nitrogen and oxygen atoms in total. The van der Waals surface area contributed by atoms with Crippen molar-refractivity contribution in [3.05, 3.63) is 29.8 Å². The summed E-state index contributed by atoms with van der Waals surface area (Å²) in [5.41, 5.74) is 4.32. The van der Waals surface area contributed by atoms with Crippen LogP contribution in [0.4, 0.5) is 22.4 Å². The van der Waals surface area contributed by atoms with Crippen LogP contribution in [-0.2, 0) is 10.7 Å². The van der Waals surface area contributed by atoms with Crippen molar-refractivity contribution in [2.75, 3.05) is 26.2 Å². The molecule has 220 valence electrons. The zero-order valence-electron chi connectivity index (χ0n) is 22.1. The first-order chi connectivity index (χ1) is 18.9. The predicted octanol–water partition coefficient (Wildman–Crippen LogP) is 3.88. The number of para-hydroxylation sites is 1. The van der Waals surface area contributed by atoms with Gasteiger partial charge >= 0.3 is 12.7 Å². The maximum atomic E-state index is 14.3. The van der Waals surface area contributed by atoms with Crippen LogP contribution in [0.25, 0.3) is 0 Å². The Balaban J connectivity index is 0.000000208. The van der Waals surface area contributed by atoms with Gasteiger partial charge in [-0.2, -0.15) is 14.0 Å². The third kappa shape index (κ3) is 7.34. The monoisotopic (exact) mass is 569 g/mol. The van der Waals surface area contributed by atoms with Gasteiger partial charge in [0.05, 0.1) is 17.7 Å². The number of ether oxygens (including phenoxy) is 1. The quantitative estimate of drug-likeness (QED) is 0.385. The fourth-order valence-corrected chi connectivity index (χ4v) is 5.31. The van der Waals surface area contributed by atoms with Crippen LogP contribution >= 0.6 is 0 Å². The lowest BCUT2D eigenvalue weighted by molar-refractivity contribution is -0.123. The average Bonchev–Trinajstić information content (AvgIpc) is 3.82. The lowest BCUT2D eigenvalue weighted by atomic mass is 9.72. The number of benzene rings is 1. The molecule has 4 fully saturated rings. The second-order valence-electron chi connectivity index (χ2n) is 11.3.